The Morgan fingerprint density at radius 1 is 1.00 bits per heavy atom. The average molecular weight is 262 g/mol. The molecule has 0 unspecified atom stereocenters. The van der Waals surface area contributed by atoms with E-state index in [1.807, 2.05) is 16.3 Å². The van der Waals surface area contributed by atoms with E-state index in [1.165, 1.54) is 0 Å². The van der Waals surface area contributed by atoms with Crippen molar-refractivity contribution in [2.75, 3.05) is 0 Å². The zero-order valence-corrected chi connectivity index (χ0v) is 12.3. The monoisotopic (exact) mass is 262 g/mol. The van der Waals surface area contributed by atoms with Crippen LogP contribution in [0.25, 0.3) is 0 Å². The highest BCUT2D eigenvalue weighted by molar-refractivity contribution is 4.86. The van der Waals surface area contributed by atoms with Crippen LogP contribution in [-0.4, -0.2) is 29.5 Å². The molecule has 0 spiro atoms. The van der Waals surface area contributed by atoms with Crippen molar-refractivity contribution >= 4 is 0 Å². The molecule has 0 aliphatic carbocycles. The molecule has 19 heavy (non-hydrogen) atoms. The fraction of sp³-hybridized carbons (Fsp3) is 0.692. The Labute approximate surface area is 113 Å². The molecule has 2 aromatic rings. The van der Waals surface area contributed by atoms with E-state index in [0.29, 0.717) is 0 Å². The smallest absolute Gasteiger partial charge is 0.147 e. The van der Waals surface area contributed by atoms with Crippen LogP contribution in [0.1, 0.15) is 46.4 Å². The standard InChI is InChI=1S/C13H22N6/c1-11-15-10-19(17-11)13(4,5)7-6-12(2,3)18-9-14-8-16-18/h8-10H,6-7H2,1-5H3. The number of hydrogen-bond acceptors (Lipinski definition) is 4. The van der Waals surface area contributed by atoms with Crippen LogP contribution < -0.4 is 0 Å². The van der Waals surface area contributed by atoms with Gasteiger partial charge in [-0.3, -0.25) is 0 Å². The molecule has 6 heteroatoms. The summed E-state index contributed by atoms with van der Waals surface area (Å²) in [5.74, 6) is 0.809. The van der Waals surface area contributed by atoms with Crippen LogP contribution in [0.4, 0.5) is 0 Å². The molecule has 6 nitrogen and oxygen atoms in total. The maximum absolute atomic E-state index is 4.42. The van der Waals surface area contributed by atoms with Crippen molar-refractivity contribution in [2.45, 2.75) is 58.5 Å². The lowest BCUT2D eigenvalue weighted by atomic mass is 9.89. The van der Waals surface area contributed by atoms with Crippen LogP contribution in [-0.2, 0) is 11.1 Å². The number of aromatic nitrogens is 6. The van der Waals surface area contributed by atoms with Crippen molar-refractivity contribution in [3.63, 3.8) is 0 Å². The van der Waals surface area contributed by atoms with E-state index in [1.54, 1.807) is 19.0 Å². The van der Waals surface area contributed by atoms with Crippen LogP contribution in [0.3, 0.4) is 0 Å². The van der Waals surface area contributed by atoms with Crippen molar-refractivity contribution in [1.29, 1.82) is 0 Å². The second kappa shape index (κ2) is 4.75. The van der Waals surface area contributed by atoms with Gasteiger partial charge in [0.1, 0.15) is 24.8 Å². The second-order valence-electron chi connectivity index (χ2n) is 6.20. The summed E-state index contributed by atoms with van der Waals surface area (Å²) in [6, 6.07) is 0. The van der Waals surface area contributed by atoms with Gasteiger partial charge in [0.05, 0.1) is 11.1 Å². The van der Waals surface area contributed by atoms with Crippen LogP contribution in [0.15, 0.2) is 19.0 Å². The van der Waals surface area contributed by atoms with Gasteiger partial charge in [0.15, 0.2) is 0 Å². The lowest BCUT2D eigenvalue weighted by Gasteiger charge is -2.31. The van der Waals surface area contributed by atoms with Gasteiger partial charge in [-0.05, 0) is 47.5 Å². The Balaban J connectivity index is 2.05. The first-order valence-electron chi connectivity index (χ1n) is 6.55. The Kier molecular flexibility index (Phi) is 3.43. The molecule has 2 heterocycles. The fourth-order valence-corrected chi connectivity index (χ4v) is 2.00. The number of nitrogens with zero attached hydrogens (tertiary/aromatic N) is 6. The third-order valence-corrected chi connectivity index (χ3v) is 3.61. The van der Waals surface area contributed by atoms with Gasteiger partial charge < -0.3 is 0 Å². The molecular formula is C13H22N6. The first-order chi connectivity index (χ1) is 8.81. The molecule has 0 saturated heterocycles. The predicted molar refractivity (Wildman–Crippen MR) is 72.7 cm³/mol. The lowest BCUT2D eigenvalue weighted by Crippen LogP contribution is -2.33. The Morgan fingerprint density at radius 2 is 1.63 bits per heavy atom. The van der Waals surface area contributed by atoms with Crippen molar-refractivity contribution in [2.24, 2.45) is 0 Å². The van der Waals surface area contributed by atoms with E-state index in [2.05, 4.69) is 47.9 Å². The number of hydrogen-bond donors (Lipinski definition) is 0. The molecule has 0 aliphatic rings. The summed E-state index contributed by atoms with van der Waals surface area (Å²) in [6.07, 6.45) is 7.13. The minimum atomic E-state index is -0.0564. The van der Waals surface area contributed by atoms with Gasteiger partial charge in [0.25, 0.3) is 0 Å². The second-order valence-corrected chi connectivity index (χ2v) is 6.20. The molecule has 0 bridgehead atoms. The molecule has 0 N–H and O–H groups in total. The van der Waals surface area contributed by atoms with Gasteiger partial charge >= 0.3 is 0 Å². The molecule has 0 aromatic carbocycles. The largest absolute Gasteiger partial charge is 0.247 e. The Bertz CT molecular complexity index is 523. The zero-order valence-electron chi connectivity index (χ0n) is 12.3. The Hall–Kier alpha value is -1.72. The third-order valence-electron chi connectivity index (χ3n) is 3.61. The van der Waals surface area contributed by atoms with E-state index in [4.69, 9.17) is 0 Å². The summed E-state index contributed by atoms with van der Waals surface area (Å²) in [5, 5.41) is 8.65. The molecule has 104 valence electrons. The minimum absolute atomic E-state index is 0.0522. The van der Waals surface area contributed by atoms with Crippen LogP contribution in [0, 0.1) is 6.92 Å². The zero-order chi connectivity index (χ0) is 14.1. The number of rotatable bonds is 5. The maximum atomic E-state index is 4.42. The van der Waals surface area contributed by atoms with Gasteiger partial charge in [0.2, 0.25) is 0 Å². The van der Waals surface area contributed by atoms with Crippen molar-refractivity contribution in [3.05, 3.63) is 24.8 Å². The molecule has 0 radical (unpaired) electrons. The van der Waals surface area contributed by atoms with E-state index < -0.39 is 0 Å². The van der Waals surface area contributed by atoms with Crippen LogP contribution in [0.2, 0.25) is 0 Å². The van der Waals surface area contributed by atoms with E-state index in [0.717, 1.165) is 18.7 Å². The summed E-state index contributed by atoms with van der Waals surface area (Å²) in [5.41, 5.74) is -0.109. The van der Waals surface area contributed by atoms with Crippen LogP contribution in [0.5, 0.6) is 0 Å². The fourth-order valence-electron chi connectivity index (χ4n) is 2.00. The van der Waals surface area contributed by atoms with Gasteiger partial charge in [-0.25, -0.2) is 19.3 Å². The first kappa shape index (κ1) is 13.7. The SMILES string of the molecule is Cc1ncn(C(C)(C)CCC(C)(C)n2cncn2)n1. The molecule has 0 amide bonds. The molecule has 0 atom stereocenters. The summed E-state index contributed by atoms with van der Waals surface area (Å²) >= 11 is 0. The van der Waals surface area contributed by atoms with Crippen LogP contribution >= 0.6 is 0 Å². The topological polar surface area (TPSA) is 61.4 Å². The summed E-state index contributed by atoms with van der Waals surface area (Å²) in [4.78, 5) is 8.22. The predicted octanol–water partition coefficient (Wildman–Crippen LogP) is 2.13. The summed E-state index contributed by atoms with van der Waals surface area (Å²) in [7, 11) is 0. The quantitative estimate of drug-likeness (QED) is 0.828. The lowest BCUT2D eigenvalue weighted by molar-refractivity contribution is 0.213. The first-order valence-corrected chi connectivity index (χ1v) is 6.55. The number of aryl methyl sites for hydroxylation is 1. The molecule has 0 aliphatic heterocycles. The highest BCUT2D eigenvalue weighted by atomic mass is 15.4. The van der Waals surface area contributed by atoms with E-state index in [9.17, 15) is 0 Å². The van der Waals surface area contributed by atoms with E-state index in [-0.39, 0.29) is 11.1 Å². The summed E-state index contributed by atoms with van der Waals surface area (Å²) < 4.78 is 3.86. The minimum Gasteiger partial charge on any atom is -0.247 e. The Morgan fingerprint density at radius 3 is 2.11 bits per heavy atom. The molecule has 0 saturated carbocycles. The average Bonchev–Trinajstić information content (AvgIpc) is 2.97. The third kappa shape index (κ3) is 3.00. The van der Waals surface area contributed by atoms with Crippen molar-refractivity contribution in [1.82, 2.24) is 29.5 Å². The highest BCUT2D eigenvalue weighted by Gasteiger charge is 2.28. The molecule has 2 rings (SSSR count). The van der Waals surface area contributed by atoms with E-state index >= 15 is 0 Å². The highest BCUT2D eigenvalue weighted by Crippen LogP contribution is 2.28. The maximum Gasteiger partial charge on any atom is 0.147 e. The van der Waals surface area contributed by atoms with Gasteiger partial charge in [-0.1, -0.05) is 0 Å². The molecule has 2 aromatic heterocycles. The van der Waals surface area contributed by atoms with Gasteiger partial charge in [-0.15, -0.1) is 0 Å². The molecular weight excluding hydrogens is 240 g/mol. The molecule has 0 fully saturated rings. The van der Waals surface area contributed by atoms with Gasteiger partial charge in [0, 0.05) is 0 Å². The van der Waals surface area contributed by atoms with Gasteiger partial charge in [-0.2, -0.15) is 10.2 Å². The van der Waals surface area contributed by atoms with Crippen molar-refractivity contribution < 1.29 is 0 Å². The summed E-state index contributed by atoms with van der Waals surface area (Å²) in [6.45, 7) is 10.6. The van der Waals surface area contributed by atoms with Crippen molar-refractivity contribution in [3.8, 4) is 0 Å². The normalized spacial score (nSPS) is 12.9.